The highest BCUT2D eigenvalue weighted by molar-refractivity contribution is 5.87. The van der Waals surface area contributed by atoms with Gasteiger partial charge in [-0.15, -0.1) is 13.2 Å². The van der Waals surface area contributed by atoms with Gasteiger partial charge in [0.25, 0.3) is 0 Å². The highest BCUT2D eigenvalue weighted by Crippen LogP contribution is 2.14. The molecule has 0 heterocycles. The van der Waals surface area contributed by atoms with Gasteiger partial charge < -0.3 is 36.0 Å². The molecule has 1 N–H and O–H groups in total. The van der Waals surface area contributed by atoms with Crippen LogP contribution in [0.25, 0.3) is 0 Å². The fraction of sp³-hybridized carbons (Fsp3) is 0.514. The number of allylic oxidation sites excluding steroid dienone is 4. The lowest BCUT2D eigenvalue weighted by Crippen LogP contribution is -3.00. The van der Waals surface area contributed by atoms with Gasteiger partial charge in [0.2, 0.25) is 0 Å². The first-order valence-electron chi connectivity index (χ1n) is 15.3. The number of quaternary nitrogens is 1. The standard InChI is InChI=1S/C35H51NO6.BrH/c1-4-6-8-10-12-14-16-18-20-33(37)41-28-26-36(3,30-31-22-24-32(25-23-31)35(39)40)27-29-42-34(38)21-19-17-15-13-11-9-7-5-2;/h4-5,18-25H,1-2,6-17,26-30H2,3H3;1H. The molecular formula is C35H52BrNO6. The zero-order chi connectivity index (χ0) is 30.9. The van der Waals surface area contributed by atoms with E-state index in [1.54, 1.807) is 24.3 Å². The van der Waals surface area contributed by atoms with Gasteiger partial charge in [0.1, 0.15) is 32.8 Å². The second-order valence-corrected chi connectivity index (χ2v) is 10.9. The van der Waals surface area contributed by atoms with E-state index in [1.807, 2.05) is 31.4 Å². The number of ether oxygens (including phenoxy) is 2. The van der Waals surface area contributed by atoms with Crippen molar-refractivity contribution in [2.75, 3.05) is 33.4 Å². The minimum Gasteiger partial charge on any atom is -1.00 e. The van der Waals surface area contributed by atoms with Gasteiger partial charge >= 0.3 is 17.9 Å². The maximum absolute atomic E-state index is 12.2. The number of carboxylic acids is 1. The van der Waals surface area contributed by atoms with Crippen molar-refractivity contribution in [1.82, 2.24) is 0 Å². The molecule has 0 unspecified atom stereocenters. The number of nitrogens with zero attached hydrogens (tertiary/aromatic N) is 1. The summed E-state index contributed by atoms with van der Waals surface area (Å²) in [4.78, 5) is 35.6. The highest BCUT2D eigenvalue weighted by Gasteiger charge is 2.23. The molecule has 1 aromatic rings. The number of aromatic carboxylic acids is 1. The average Bonchev–Trinajstić information content (AvgIpc) is 2.96. The number of halogens is 1. The number of esters is 2. The Morgan fingerprint density at radius 1 is 0.721 bits per heavy atom. The van der Waals surface area contributed by atoms with E-state index >= 15 is 0 Å². The van der Waals surface area contributed by atoms with E-state index in [1.165, 1.54) is 25.0 Å². The SMILES string of the molecule is C=CCCCCCCC=CC(=O)OCC[N+](C)(CCOC(=O)C=CCCCCCCC=C)Cc1ccc(C(=O)O)cc1.[Br-]. The molecule has 1 rings (SSSR count). The Morgan fingerprint density at radius 3 is 1.53 bits per heavy atom. The molecule has 0 atom stereocenters. The fourth-order valence-corrected chi connectivity index (χ4v) is 4.46. The number of carbonyl (C=O) groups excluding carboxylic acids is 2. The van der Waals surface area contributed by atoms with E-state index in [0.717, 1.165) is 69.8 Å². The van der Waals surface area contributed by atoms with Crippen LogP contribution in [0, 0.1) is 0 Å². The summed E-state index contributed by atoms with van der Waals surface area (Å²) in [5.41, 5.74) is 1.17. The molecule has 0 aliphatic heterocycles. The summed E-state index contributed by atoms with van der Waals surface area (Å²) in [7, 11) is 2.01. The van der Waals surface area contributed by atoms with Crippen LogP contribution < -0.4 is 17.0 Å². The Bertz CT molecular complexity index is 954. The van der Waals surface area contributed by atoms with E-state index < -0.39 is 5.97 Å². The van der Waals surface area contributed by atoms with Crippen LogP contribution in [-0.2, 0) is 25.6 Å². The lowest BCUT2D eigenvalue weighted by molar-refractivity contribution is -0.922. The molecule has 0 bridgehead atoms. The summed E-state index contributed by atoms with van der Waals surface area (Å²) in [6, 6.07) is 6.74. The minimum atomic E-state index is -0.973. The van der Waals surface area contributed by atoms with Crippen LogP contribution in [0.4, 0.5) is 0 Å². The minimum absolute atomic E-state index is 0. The smallest absolute Gasteiger partial charge is 0.335 e. The summed E-state index contributed by atoms with van der Waals surface area (Å²) in [6.45, 7) is 9.50. The van der Waals surface area contributed by atoms with Gasteiger partial charge in [-0.05, 0) is 63.5 Å². The Morgan fingerprint density at radius 2 is 1.14 bits per heavy atom. The molecule has 0 fully saturated rings. The normalized spacial score (nSPS) is 12.4. The zero-order valence-corrected chi connectivity index (χ0v) is 27.6. The largest absolute Gasteiger partial charge is 1.00 e. The molecule has 0 amide bonds. The van der Waals surface area contributed by atoms with Crippen molar-refractivity contribution < 1.29 is 50.4 Å². The van der Waals surface area contributed by atoms with E-state index in [9.17, 15) is 19.5 Å². The van der Waals surface area contributed by atoms with Crippen LogP contribution in [0.5, 0.6) is 0 Å². The number of hydrogen-bond acceptors (Lipinski definition) is 5. The summed E-state index contributed by atoms with van der Waals surface area (Å²) in [5, 5.41) is 9.20. The number of carboxylic acid groups (broad SMARTS) is 1. The topological polar surface area (TPSA) is 89.9 Å². The summed E-state index contributed by atoms with van der Waals surface area (Å²) >= 11 is 0. The van der Waals surface area contributed by atoms with Crippen molar-refractivity contribution in [3.05, 3.63) is 85.0 Å². The first kappa shape index (κ1) is 40.0. The molecule has 0 spiro atoms. The van der Waals surface area contributed by atoms with Gasteiger partial charge in [-0.25, -0.2) is 14.4 Å². The number of unbranched alkanes of at least 4 members (excludes halogenated alkanes) is 10. The Labute approximate surface area is 269 Å². The molecule has 240 valence electrons. The molecule has 8 heteroatoms. The Hall–Kier alpha value is -2.97. The monoisotopic (exact) mass is 661 g/mol. The molecular weight excluding hydrogens is 610 g/mol. The molecule has 0 aliphatic carbocycles. The fourth-order valence-electron chi connectivity index (χ4n) is 4.46. The molecule has 0 aromatic heterocycles. The van der Waals surface area contributed by atoms with Crippen molar-refractivity contribution in [2.45, 2.75) is 83.6 Å². The van der Waals surface area contributed by atoms with Gasteiger partial charge in [-0.3, -0.25) is 0 Å². The number of benzene rings is 1. The average molecular weight is 663 g/mol. The Kier molecular flexibility index (Phi) is 23.8. The maximum Gasteiger partial charge on any atom is 0.335 e. The summed E-state index contributed by atoms with van der Waals surface area (Å²) in [5.74, 6) is -1.70. The second kappa shape index (κ2) is 25.5. The molecule has 7 nitrogen and oxygen atoms in total. The van der Waals surface area contributed by atoms with Crippen LogP contribution in [0.2, 0.25) is 0 Å². The van der Waals surface area contributed by atoms with Crippen LogP contribution in [-0.4, -0.2) is 60.8 Å². The zero-order valence-electron chi connectivity index (χ0n) is 26.0. The second-order valence-electron chi connectivity index (χ2n) is 10.9. The third-order valence-electron chi connectivity index (χ3n) is 7.08. The van der Waals surface area contributed by atoms with E-state index in [-0.39, 0.29) is 47.7 Å². The summed E-state index contributed by atoms with van der Waals surface area (Å²) < 4.78 is 11.4. The molecule has 1 aromatic carbocycles. The van der Waals surface area contributed by atoms with Crippen LogP contribution in [0.3, 0.4) is 0 Å². The highest BCUT2D eigenvalue weighted by atomic mass is 79.9. The summed E-state index contributed by atoms with van der Waals surface area (Å²) in [6.07, 6.45) is 23.4. The number of hydrogen-bond donors (Lipinski definition) is 1. The van der Waals surface area contributed by atoms with Gasteiger partial charge in [0, 0.05) is 17.7 Å². The first-order chi connectivity index (χ1) is 20.3. The van der Waals surface area contributed by atoms with Crippen molar-refractivity contribution in [3.8, 4) is 0 Å². The third-order valence-corrected chi connectivity index (χ3v) is 7.08. The van der Waals surface area contributed by atoms with Crippen molar-refractivity contribution >= 4 is 17.9 Å². The van der Waals surface area contributed by atoms with Crippen molar-refractivity contribution in [3.63, 3.8) is 0 Å². The van der Waals surface area contributed by atoms with Crippen molar-refractivity contribution in [1.29, 1.82) is 0 Å². The molecule has 0 saturated carbocycles. The van der Waals surface area contributed by atoms with Gasteiger partial charge in [-0.1, -0.05) is 62.1 Å². The Balaban J connectivity index is 0.0000176. The van der Waals surface area contributed by atoms with E-state index in [0.29, 0.717) is 24.1 Å². The van der Waals surface area contributed by atoms with Crippen LogP contribution in [0.1, 0.15) is 93.0 Å². The van der Waals surface area contributed by atoms with E-state index in [2.05, 4.69) is 13.2 Å². The van der Waals surface area contributed by atoms with Gasteiger partial charge in [0.05, 0.1) is 12.6 Å². The predicted octanol–water partition coefficient (Wildman–Crippen LogP) is 4.59. The maximum atomic E-state index is 12.2. The third kappa shape index (κ3) is 21.4. The van der Waals surface area contributed by atoms with Gasteiger partial charge in [-0.2, -0.15) is 0 Å². The quantitative estimate of drug-likeness (QED) is 0.0542. The number of rotatable bonds is 25. The predicted molar refractivity (Wildman–Crippen MR) is 169 cm³/mol. The van der Waals surface area contributed by atoms with Gasteiger partial charge in [0.15, 0.2) is 0 Å². The first-order valence-corrected chi connectivity index (χ1v) is 15.3. The lowest BCUT2D eigenvalue weighted by atomic mass is 10.1. The van der Waals surface area contributed by atoms with Crippen LogP contribution in [0.15, 0.2) is 73.9 Å². The molecule has 0 aliphatic rings. The molecule has 0 saturated heterocycles. The van der Waals surface area contributed by atoms with Crippen LogP contribution >= 0.6 is 0 Å². The molecule has 0 radical (unpaired) electrons. The number of carbonyl (C=O) groups is 3. The van der Waals surface area contributed by atoms with Crippen molar-refractivity contribution in [2.24, 2.45) is 0 Å². The van der Waals surface area contributed by atoms with E-state index in [4.69, 9.17) is 9.47 Å². The lowest BCUT2D eigenvalue weighted by Gasteiger charge is -2.34. The number of likely N-dealkylation sites (N-methyl/N-ethyl adjacent to an activating group) is 1. The molecule has 43 heavy (non-hydrogen) atoms.